The maximum Gasteiger partial charge on any atom is 0.524 e. The Bertz CT molecular complexity index is 387. The summed E-state index contributed by atoms with van der Waals surface area (Å²) in [6.45, 7) is -0.426. The topological polar surface area (TPSA) is 107 Å². The largest absolute Gasteiger partial charge is 0.524 e. The standard InChI is InChI=1S/C9H13O6P/c10-6-8(11)5-7-3-1-2-4-9(7)15-16(12,13)14/h1-4,8,10-11H,5-6H2,(H2,12,13,14). The molecule has 0 bridgehead atoms. The predicted octanol–water partition coefficient (Wildman–Crippen LogP) is 0.0538. The van der Waals surface area contributed by atoms with Crippen molar-refractivity contribution in [2.24, 2.45) is 0 Å². The molecule has 6 nitrogen and oxygen atoms in total. The van der Waals surface area contributed by atoms with Gasteiger partial charge in [0.2, 0.25) is 0 Å². The van der Waals surface area contributed by atoms with Crippen LogP contribution in [0.1, 0.15) is 5.56 Å². The molecule has 16 heavy (non-hydrogen) atoms. The van der Waals surface area contributed by atoms with Crippen LogP contribution in [0.5, 0.6) is 5.75 Å². The van der Waals surface area contributed by atoms with E-state index >= 15 is 0 Å². The molecular weight excluding hydrogens is 235 g/mol. The first-order chi connectivity index (χ1) is 7.42. The van der Waals surface area contributed by atoms with Gasteiger partial charge in [0.1, 0.15) is 5.75 Å². The van der Waals surface area contributed by atoms with Gasteiger partial charge in [0.05, 0.1) is 12.7 Å². The van der Waals surface area contributed by atoms with Gasteiger partial charge in [0.15, 0.2) is 0 Å². The average molecular weight is 248 g/mol. The van der Waals surface area contributed by atoms with Crippen LogP contribution in [0.15, 0.2) is 24.3 Å². The van der Waals surface area contributed by atoms with E-state index in [-0.39, 0.29) is 12.2 Å². The highest BCUT2D eigenvalue weighted by Gasteiger charge is 2.18. The van der Waals surface area contributed by atoms with Crippen LogP contribution in [0.25, 0.3) is 0 Å². The molecule has 0 aliphatic rings. The molecule has 4 N–H and O–H groups in total. The minimum Gasteiger partial charge on any atom is -0.404 e. The van der Waals surface area contributed by atoms with Gasteiger partial charge < -0.3 is 14.7 Å². The maximum atomic E-state index is 10.7. The van der Waals surface area contributed by atoms with E-state index in [2.05, 4.69) is 4.52 Å². The number of aliphatic hydroxyl groups is 2. The molecule has 1 rings (SSSR count). The second-order valence-corrected chi connectivity index (χ2v) is 4.39. The smallest absolute Gasteiger partial charge is 0.404 e. The number of phosphoric acid groups is 1. The molecule has 1 unspecified atom stereocenters. The highest BCUT2D eigenvalue weighted by atomic mass is 31.2. The number of phosphoric ester groups is 1. The van der Waals surface area contributed by atoms with Crippen molar-refractivity contribution in [3.63, 3.8) is 0 Å². The molecule has 1 aromatic rings. The fourth-order valence-corrected chi connectivity index (χ4v) is 1.64. The zero-order valence-corrected chi connectivity index (χ0v) is 9.25. The highest BCUT2D eigenvalue weighted by Crippen LogP contribution is 2.39. The van der Waals surface area contributed by atoms with Crippen LogP contribution in [-0.2, 0) is 11.0 Å². The number of aliphatic hydroxyl groups excluding tert-OH is 2. The van der Waals surface area contributed by atoms with Crippen molar-refractivity contribution in [2.75, 3.05) is 6.61 Å². The first-order valence-electron chi connectivity index (χ1n) is 4.54. The van der Waals surface area contributed by atoms with Crippen molar-refractivity contribution >= 4 is 7.82 Å². The Balaban J connectivity index is 2.87. The van der Waals surface area contributed by atoms with Gasteiger partial charge >= 0.3 is 7.82 Å². The molecule has 0 spiro atoms. The van der Waals surface area contributed by atoms with Crippen LogP contribution in [0.3, 0.4) is 0 Å². The molecule has 0 saturated carbocycles. The summed E-state index contributed by atoms with van der Waals surface area (Å²) in [5, 5.41) is 17.9. The number of para-hydroxylation sites is 1. The second kappa shape index (κ2) is 5.43. The van der Waals surface area contributed by atoms with Crippen LogP contribution in [0.2, 0.25) is 0 Å². The Hall–Kier alpha value is -0.910. The third-order valence-corrected chi connectivity index (χ3v) is 2.29. The molecule has 1 atom stereocenters. The van der Waals surface area contributed by atoms with Crippen molar-refractivity contribution in [3.8, 4) is 5.75 Å². The van der Waals surface area contributed by atoms with Crippen molar-refractivity contribution in [2.45, 2.75) is 12.5 Å². The summed E-state index contributed by atoms with van der Waals surface area (Å²) in [6, 6.07) is 6.15. The summed E-state index contributed by atoms with van der Waals surface area (Å²) in [7, 11) is -4.61. The fraction of sp³-hybridized carbons (Fsp3) is 0.333. The summed E-state index contributed by atoms with van der Waals surface area (Å²) < 4.78 is 15.1. The van der Waals surface area contributed by atoms with Crippen molar-refractivity contribution in [1.82, 2.24) is 0 Å². The number of rotatable bonds is 5. The van der Waals surface area contributed by atoms with Gasteiger partial charge in [-0.1, -0.05) is 18.2 Å². The van der Waals surface area contributed by atoms with Gasteiger partial charge in [0, 0.05) is 6.42 Å². The lowest BCUT2D eigenvalue weighted by atomic mass is 10.1. The third kappa shape index (κ3) is 4.30. The Morgan fingerprint density at radius 1 is 1.31 bits per heavy atom. The zero-order chi connectivity index (χ0) is 12.2. The van der Waals surface area contributed by atoms with E-state index in [1.54, 1.807) is 18.2 Å². The molecule has 0 radical (unpaired) electrons. The highest BCUT2D eigenvalue weighted by molar-refractivity contribution is 7.46. The van der Waals surface area contributed by atoms with E-state index in [4.69, 9.17) is 14.9 Å². The molecule has 7 heteroatoms. The minimum absolute atomic E-state index is 0.00309. The molecule has 0 saturated heterocycles. The SMILES string of the molecule is O=P(O)(O)Oc1ccccc1CC(O)CO. The molecule has 90 valence electrons. The molecule has 0 aliphatic heterocycles. The summed E-state index contributed by atoms with van der Waals surface area (Å²) in [5.74, 6) is 0.00309. The van der Waals surface area contributed by atoms with E-state index in [0.29, 0.717) is 5.56 Å². The Morgan fingerprint density at radius 2 is 1.94 bits per heavy atom. The lowest BCUT2D eigenvalue weighted by Crippen LogP contribution is -2.15. The molecule has 0 amide bonds. The molecule has 0 fully saturated rings. The average Bonchev–Trinajstić information content (AvgIpc) is 2.18. The molecular formula is C9H13O6P. The van der Waals surface area contributed by atoms with Crippen molar-refractivity contribution in [3.05, 3.63) is 29.8 Å². The van der Waals surface area contributed by atoms with Crippen molar-refractivity contribution < 1.29 is 29.1 Å². The lowest BCUT2D eigenvalue weighted by Gasteiger charge is -2.13. The van der Waals surface area contributed by atoms with Gasteiger partial charge in [-0.2, -0.15) is 0 Å². The number of hydrogen-bond acceptors (Lipinski definition) is 4. The Kier molecular flexibility index (Phi) is 4.46. The van der Waals surface area contributed by atoms with Crippen LogP contribution >= 0.6 is 7.82 Å². The van der Waals surface area contributed by atoms with Crippen LogP contribution in [-0.4, -0.2) is 32.7 Å². The van der Waals surface area contributed by atoms with E-state index < -0.39 is 20.5 Å². The van der Waals surface area contributed by atoms with Crippen LogP contribution < -0.4 is 4.52 Å². The molecule has 0 heterocycles. The minimum atomic E-state index is -4.61. The second-order valence-electron chi connectivity index (χ2n) is 3.23. The van der Waals surface area contributed by atoms with Gasteiger partial charge in [-0.15, -0.1) is 0 Å². The van der Waals surface area contributed by atoms with Crippen LogP contribution in [0.4, 0.5) is 0 Å². The molecule has 0 aromatic heterocycles. The first-order valence-corrected chi connectivity index (χ1v) is 6.07. The summed E-state index contributed by atoms with van der Waals surface area (Å²) >= 11 is 0. The Labute approximate surface area is 92.4 Å². The molecule has 1 aromatic carbocycles. The van der Waals surface area contributed by atoms with Gasteiger partial charge in [0.25, 0.3) is 0 Å². The number of hydrogen-bond donors (Lipinski definition) is 4. The normalized spacial score (nSPS) is 13.5. The van der Waals surface area contributed by atoms with E-state index in [1.165, 1.54) is 6.07 Å². The lowest BCUT2D eigenvalue weighted by molar-refractivity contribution is 0.0950. The number of benzene rings is 1. The predicted molar refractivity (Wildman–Crippen MR) is 55.9 cm³/mol. The van der Waals surface area contributed by atoms with Gasteiger partial charge in [-0.05, 0) is 11.6 Å². The fourth-order valence-electron chi connectivity index (χ4n) is 1.21. The van der Waals surface area contributed by atoms with Crippen molar-refractivity contribution in [1.29, 1.82) is 0 Å². The van der Waals surface area contributed by atoms with Crippen LogP contribution in [0, 0.1) is 0 Å². The molecule has 0 aliphatic carbocycles. The van der Waals surface area contributed by atoms with E-state index in [0.717, 1.165) is 0 Å². The van der Waals surface area contributed by atoms with E-state index in [9.17, 15) is 9.67 Å². The third-order valence-electron chi connectivity index (χ3n) is 1.86. The summed E-state index contributed by atoms with van der Waals surface area (Å²) in [6.07, 6.45) is -0.923. The van der Waals surface area contributed by atoms with Gasteiger partial charge in [-0.25, -0.2) is 4.57 Å². The quantitative estimate of drug-likeness (QED) is 0.548. The monoisotopic (exact) mass is 248 g/mol. The van der Waals surface area contributed by atoms with Gasteiger partial charge in [-0.3, -0.25) is 9.79 Å². The van der Waals surface area contributed by atoms with E-state index in [1.807, 2.05) is 0 Å². The zero-order valence-electron chi connectivity index (χ0n) is 8.35. The maximum absolute atomic E-state index is 10.7. The summed E-state index contributed by atoms with van der Waals surface area (Å²) in [5.41, 5.74) is 0.423. The Morgan fingerprint density at radius 3 is 2.50 bits per heavy atom. The first kappa shape index (κ1) is 13.2. The summed E-state index contributed by atoms with van der Waals surface area (Å²) in [4.78, 5) is 17.3.